The number of ether oxygens (including phenoxy) is 1. The first kappa shape index (κ1) is 23.3. The lowest BCUT2D eigenvalue weighted by Crippen LogP contribution is -2.27. The number of aryl methyl sites for hydroxylation is 1. The van der Waals surface area contributed by atoms with Crippen molar-refractivity contribution in [2.45, 2.75) is 26.1 Å². The average molecular weight is 468 g/mol. The van der Waals surface area contributed by atoms with Crippen LogP contribution in [0.5, 0.6) is 0 Å². The zero-order valence-electron chi connectivity index (χ0n) is 16.7. The van der Waals surface area contributed by atoms with Crippen molar-refractivity contribution < 1.29 is 27.5 Å². The maximum absolute atomic E-state index is 12.9. The number of benzene rings is 2. The van der Waals surface area contributed by atoms with Crippen LogP contribution in [0.25, 0.3) is 10.8 Å². The molecule has 1 heterocycles. The number of rotatable bonds is 6. The number of carbonyl (C=O) groups is 2. The first-order valence-electron chi connectivity index (χ1n) is 9.45. The van der Waals surface area contributed by atoms with Crippen molar-refractivity contribution in [2.75, 3.05) is 11.9 Å². The number of hydrogen-bond donors (Lipinski definition) is 1. The van der Waals surface area contributed by atoms with Crippen LogP contribution in [0.4, 0.5) is 18.9 Å². The minimum absolute atomic E-state index is 0.114. The third-order valence-electron chi connectivity index (χ3n) is 4.40. The van der Waals surface area contributed by atoms with E-state index < -0.39 is 30.2 Å². The number of aromatic nitrogens is 2. The number of fused-ring (bicyclic) bond motifs is 1. The third kappa shape index (κ3) is 5.08. The molecule has 0 saturated carbocycles. The van der Waals surface area contributed by atoms with Gasteiger partial charge in [-0.1, -0.05) is 36.7 Å². The second-order valence-electron chi connectivity index (χ2n) is 6.74. The summed E-state index contributed by atoms with van der Waals surface area (Å²) in [5.74, 6) is -1.86. The molecule has 3 aromatic rings. The zero-order valence-corrected chi connectivity index (χ0v) is 17.5. The van der Waals surface area contributed by atoms with Gasteiger partial charge in [0, 0.05) is 11.9 Å². The molecule has 1 amide bonds. The average Bonchev–Trinajstić information content (AvgIpc) is 2.75. The van der Waals surface area contributed by atoms with E-state index in [0.717, 1.165) is 16.8 Å². The summed E-state index contributed by atoms with van der Waals surface area (Å²) in [6, 6.07) is 8.79. The second kappa shape index (κ2) is 9.39. The quantitative estimate of drug-likeness (QED) is 0.547. The minimum atomic E-state index is -4.62. The standard InChI is InChI=1S/C21H17ClF3N3O4/c1-2-9-28-19(30)14-6-4-3-5-13(14)18(27-28)20(31)32-11-17(29)26-16-10-12(21(23,24)25)7-8-15(16)22/h3-8,10H,2,9,11H2,1H3,(H,26,29). The van der Waals surface area contributed by atoms with Gasteiger partial charge >= 0.3 is 12.1 Å². The molecule has 0 fully saturated rings. The van der Waals surface area contributed by atoms with Crippen LogP contribution in [-0.4, -0.2) is 28.3 Å². The van der Waals surface area contributed by atoms with Gasteiger partial charge in [-0.2, -0.15) is 18.3 Å². The molecule has 0 aliphatic carbocycles. The first-order chi connectivity index (χ1) is 15.1. The summed E-state index contributed by atoms with van der Waals surface area (Å²) >= 11 is 5.84. The molecule has 0 aliphatic rings. The van der Waals surface area contributed by atoms with Crippen LogP contribution in [0.2, 0.25) is 5.02 Å². The van der Waals surface area contributed by atoms with E-state index in [1.165, 1.54) is 6.07 Å². The number of hydrogen-bond acceptors (Lipinski definition) is 5. The number of nitrogens with zero attached hydrogens (tertiary/aromatic N) is 2. The fraction of sp³-hybridized carbons (Fsp3) is 0.238. The molecule has 1 aromatic heterocycles. The highest BCUT2D eigenvalue weighted by Crippen LogP contribution is 2.33. The highest BCUT2D eigenvalue weighted by molar-refractivity contribution is 6.33. The van der Waals surface area contributed by atoms with Gasteiger partial charge in [0.1, 0.15) is 0 Å². The molecule has 0 unspecified atom stereocenters. The fourth-order valence-electron chi connectivity index (χ4n) is 2.93. The molecule has 2 aromatic carbocycles. The van der Waals surface area contributed by atoms with Crippen molar-refractivity contribution in [3.63, 3.8) is 0 Å². The summed E-state index contributed by atoms with van der Waals surface area (Å²) in [4.78, 5) is 37.2. The van der Waals surface area contributed by atoms with E-state index in [2.05, 4.69) is 10.4 Å². The predicted octanol–water partition coefficient (Wildman–Crippen LogP) is 4.27. The summed E-state index contributed by atoms with van der Waals surface area (Å²) in [6.45, 7) is 1.32. The fourth-order valence-corrected chi connectivity index (χ4v) is 3.10. The number of nitrogens with one attached hydrogen (secondary N) is 1. The molecule has 1 N–H and O–H groups in total. The molecule has 0 bridgehead atoms. The van der Waals surface area contributed by atoms with Crippen LogP contribution in [0.3, 0.4) is 0 Å². The third-order valence-corrected chi connectivity index (χ3v) is 4.73. The number of halogens is 4. The monoisotopic (exact) mass is 467 g/mol. The molecule has 11 heteroatoms. The molecule has 0 aliphatic heterocycles. The molecule has 0 radical (unpaired) electrons. The second-order valence-corrected chi connectivity index (χ2v) is 7.15. The van der Waals surface area contributed by atoms with Gasteiger partial charge in [-0.05, 0) is 30.7 Å². The maximum atomic E-state index is 12.9. The van der Waals surface area contributed by atoms with E-state index in [9.17, 15) is 27.6 Å². The lowest BCUT2D eigenvalue weighted by molar-refractivity contribution is -0.137. The largest absolute Gasteiger partial charge is 0.451 e. The van der Waals surface area contributed by atoms with Gasteiger partial charge < -0.3 is 10.1 Å². The summed E-state index contributed by atoms with van der Waals surface area (Å²) in [7, 11) is 0. The van der Waals surface area contributed by atoms with Crippen molar-refractivity contribution >= 4 is 39.9 Å². The molecule has 3 rings (SSSR count). The predicted molar refractivity (Wildman–Crippen MR) is 112 cm³/mol. The van der Waals surface area contributed by atoms with Crippen LogP contribution in [-0.2, 0) is 22.3 Å². The Morgan fingerprint density at radius 1 is 1.16 bits per heavy atom. The van der Waals surface area contributed by atoms with E-state index in [-0.39, 0.29) is 39.3 Å². The van der Waals surface area contributed by atoms with Gasteiger partial charge in [-0.25, -0.2) is 9.48 Å². The molecule has 0 atom stereocenters. The van der Waals surface area contributed by atoms with E-state index in [0.29, 0.717) is 12.5 Å². The Bertz CT molecular complexity index is 1240. The molecule has 0 saturated heterocycles. The zero-order chi connectivity index (χ0) is 23.5. The molecule has 0 spiro atoms. The Balaban J connectivity index is 1.78. The Morgan fingerprint density at radius 2 is 1.84 bits per heavy atom. The smallest absolute Gasteiger partial charge is 0.416 e. The molecular formula is C21H17ClF3N3O4. The van der Waals surface area contributed by atoms with Gasteiger partial charge in [0.25, 0.3) is 11.5 Å². The van der Waals surface area contributed by atoms with Gasteiger partial charge in [-0.15, -0.1) is 0 Å². The molecule has 32 heavy (non-hydrogen) atoms. The number of carbonyl (C=O) groups excluding carboxylic acids is 2. The lowest BCUT2D eigenvalue weighted by Gasteiger charge is -2.12. The Hall–Kier alpha value is -3.40. The van der Waals surface area contributed by atoms with Gasteiger partial charge in [0.05, 0.1) is 21.7 Å². The highest BCUT2D eigenvalue weighted by atomic mass is 35.5. The van der Waals surface area contributed by atoms with E-state index in [1.54, 1.807) is 18.2 Å². The van der Waals surface area contributed by atoms with Gasteiger partial charge in [-0.3, -0.25) is 9.59 Å². The highest BCUT2D eigenvalue weighted by Gasteiger charge is 2.31. The summed E-state index contributed by atoms with van der Waals surface area (Å²) < 4.78 is 44.7. The van der Waals surface area contributed by atoms with Gasteiger partial charge in [0.15, 0.2) is 12.3 Å². The molecular weight excluding hydrogens is 451 g/mol. The maximum Gasteiger partial charge on any atom is 0.416 e. The lowest BCUT2D eigenvalue weighted by atomic mass is 10.1. The SMILES string of the molecule is CCCn1nc(C(=O)OCC(=O)Nc2cc(C(F)(F)F)ccc2Cl)c2ccccc2c1=O. The van der Waals surface area contributed by atoms with E-state index in [1.807, 2.05) is 6.92 Å². The first-order valence-corrected chi connectivity index (χ1v) is 9.83. The van der Waals surface area contributed by atoms with Crippen molar-refractivity contribution in [1.82, 2.24) is 9.78 Å². The van der Waals surface area contributed by atoms with Crippen LogP contribution in [0.15, 0.2) is 47.3 Å². The molecule has 7 nitrogen and oxygen atoms in total. The van der Waals surface area contributed by atoms with Crippen molar-refractivity contribution in [1.29, 1.82) is 0 Å². The summed E-state index contributed by atoms with van der Waals surface area (Å²) in [5.41, 5.74) is -1.79. The summed E-state index contributed by atoms with van der Waals surface area (Å²) in [6.07, 6.45) is -4.02. The van der Waals surface area contributed by atoms with Crippen molar-refractivity contribution in [3.8, 4) is 0 Å². The number of alkyl halides is 3. The Kier molecular flexibility index (Phi) is 6.83. The van der Waals surface area contributed by atoms with Crippen LogP contribution >= 0.6 is 11.6 Å². The Morgan fingerprint density at radius 3 is 2.50 bits per heavy atom. The number of amides is 1. The number of esters is 1. The Labute approximate surface area is 184 Å². The van der Waals surface area contributed by atoms with Crippen LogP contribution < -0.4 is 10.9 Å². The van der Waals surface area contributed by atoms with Gasteiger partial charge in [0.2, 0.25) is 0 Å². The van der Waals surface area contributed by atoms with Crippen molar-refractivity contribution in [2.24, 2.45) is 0 Å². The minimum Gasteiger partial charge on any atom is -0.451 e. The van der Waals surface area contributed by atoms with Crippen molar-refractivity contribution in [3.05, 3.63) is 69.1 Å². The summed E-state index contributed by atoms with van der Waals surface area (Å²) in [5, 5.41) is 6.65. The topological polar surface area (TPSA) is 90.3 Å². The van der Waals surface area contributed by atoms with Crippen LogP contribution in [0.1, 0.15) is 29.4 Å². The number of anilines is 1. The molecule has 168 valence electrons. The van der Waals surface area contributed by atoms with E-state index in [4.69, 9.17) is 16.3 Å². The van der Waals surface area contributed by atoms with E-state index >= 15 is 0 Å². The van der Waals surface area contributed by atoms with Crippen LogP contribution in [0, 0.1) is 0 Å². The normalized spacial score (nSPS) is 11.4.